The molecule has 0 bridgehead atoms. The van der Waals surface area contributed by atoms with Gasteiger partial charge in [0.2, 0.25) is 0 Å². The van der Waals surface area contributed by atoms with Crippen LogP contribution in [-0.4, -0.2) is 35.3 Å². The minimum Gasteiger partial charge on any atom is -0.397 e. The highest BCUT2D eigenvalue weighted by Crippen LogP contribution is 2.17. The van der Waals surface area contributed by atoms with E-state index >= 15 is 0 Å². The Bertz CT molecular complexity index is 307. The van der Waals surface area contributed by atoms with E-state index in [0.29, 0.717) is 0 Å². The highest BCUT2D eigenvalue weighted by atomic mass is 32.2. The van der Waals surface area contributed by atoms with Gasteiger partial charge in [0.1, 0.15) is 0 Å². The first kappa shape index (κ1) is 11.7. The average Bonchev–Trinajstić information content (AvgIpc) is 2.33. The SMILES string of the molecule is Nc1ccc(SCCN2CCCCC2)nc1. The van der Waals surface area contributed by atoms with Crippen LogP contribution in [0.3, 0.4) is 0 Å². The van der Waals surface area contributed by atoms with Crippen LogP contribution >= 0.6 is 11.8 Å². The molecule has 0 atom stereocenters. The van der Waals surface area contributed by atoms with Gasteiger partial charge < -0.3 is 10.6 Å². The van der Waals surface area contributed by atoms with Crippen molar-refractivity contribution in [2.75, 3.05) is 31.1 Å². The van der Waals surface area contributed by atoms with Crippen LogP contribution in [0.1, 0.15) is 19.3 Å². The number of pyridine rings is 1. The van der Waals surface area contributed by atoms with Gasteiger partial charge in [-0.1, -0.05) is 6.42 Å². The van der Waals surface area contributed by atoms with Gasteiger partial charge in [0.25, 0.3) is 0 Å². The monoisotopic (exact) mass is 237 g/mol. The second-order valence-corrected chi connectivity index (χ2v) is 5.30. The molecule has 0 aliphatic carbocycles. The molecule has 1 aromatic rings. The summed E-state index contributed by atoms with van der Waals surface area (Å²) >= 11 is 1.81. The fraction of sp³-hybridized carbons (Fsp3) is 0.583. The molecule has 1 aliphatic heterocycles. The molecule has 0 amide bonds. The first-order valence-corrected chi connectivity index (χ1v) is 6.90. The average molecular weight is 237 g/mol. The Morgan fingerprint density at radius 3 is 2.75 bits per heavy atom. The summed E-state index contributed by atoms with van der Waals surface area (Å²) in [5, 5.41) is 1.08. The zero-order chi connectivity index (χ0) is 11.2. The molecule has 0 saturated carbocycles. The third kappa shape index (κ3) is 3.68. The van der Waals surface area contributed by atoms with Crippen molar-refractivity contribution in [3.63, 3.8) is 0 Å². The summed E-state index contributed by atoms with van der Waals surface area (Å²) in [4.78, 5) is 6.83. The lowest BCUT2D eigenvalue weighted by molar-refractivity contribution is 0.242. The lowest BCUT2D eigenvalue weighted by atomic mass is 10.1. The van der Waals surface area contributed by atoms with Crippen molar-refractivity contribution in [3.05, 3.63) is 18.3 Å². The van der Waals surface area contributed by atoms with Gasteiger partial charge in [-0.15, -0.1) is 11.8 Å². The Balaban J connectivity index is 1.69. The minimum atomic E-state index is 0.736. The summed E-state index contributed by atoms with van der Waals surface area (Å²) in [5.74, 6) is 1.12. The Labute approximate surface area is 101 Å². The number of piperidine rings is 1. The van der Waals surface area contributed by atoms with Crippen molar-refractivity contribution in [3.8, 4) is 0 Å². The molecule has 4 heteroatoms. The first-order chi connectivity index (χ1) is 7.84. The predicted octanol–water partition coefficient (Wildman–Crippen LogP) is 2.24. The van der Waals surface area contributed by atoms with Crippen LogP contribution < -0.4 is 5.73 Å². The van der Waals surface area contributed by atoms with E-state index in [0.717, 1.165) is 16.5 Å². The Morgan fingerprint density at radius 1 is 1.25 bits per heavy atom. The zero-order valence-corrected chi connectivity index (χ0v) is 10.4. The van der Waals surface area contributed by atoms with E-state index in [1.54, 1.807) is 6.20 Å². The van der Waals surface area contributed by atoms with Crippen LogP contribution in [0.4, 0.5) is 5.69 Å². The van der Waals surface area contributed by atoms with E-state index in [-0.39, 0.29) is 0 Å². The molecule has 16 heavy (non-hydrogen) atoms. The standard InChI is InChI=1S/C12H19N3S/c13-11-4-5-12(14-10-11)16-9-8-15-6-2-1-3-7-15/h4-5,10H,1-3,6-9,13H2. The number of nitrogens with zero attached hydrogens (tertiary/aromatic N) is 2. The second-order valence-electron chi connectivity index (χ2n) is 4.18. The van der Waals surface area contributed by atoms with Crippen molar-refractivity contribution in [2.45, 2.75) is 24.3 Å². The topological polar surface area (TPSA) is 42.1 Å². The smallest absolute Gasteiger partial charge is 0.0961 e. The summed E-state index contributed by atoms with van der Waals surface area (Å²) < 4.78 is 0. The maximum atomic E-state index is 5.59. The van der Waals surface area contributed by atoms with Gasteiger partial charge in [0, 0.05) is 12.3 Å². The Morgan fingerprint density at radius 2 is 2.06 bits per heavy atom. The van der Waals surface area contributed by atoms with Crippen molar-refractivity contribution in [1.82, 2.24) is 9.88 Å². The quantitative estimate of drug-likeness (QED) is 0.816. The molecule has 88 valence electrons. The molecule has 2 rings (SSSR count). The summed E-state index contributed by atoms with van der Waals surface area (Å²) in [6.45, 7) is 3.72. The summed E-state index contributed by atoms with van der Waals surface area (Å²) in [7, 11) is 0. The van der Waals surface area contributed by atoms with Crippen LogP contribution in [0.2, 0.25) is 0 Å². The second kappa shape index (κ2) is 6.11. The lowest BCUT2D eigenvalue weighted by Crippen LogP contribution is -2.31. The summed E-state index contributed by atoms with van der Waals surface area (Å²) in [6, 6.07) is 3.91. The van der Waals surface area contributed by atoms with Crippen molar-refractivity contribution >= 4 is 17.4 Å². The van der Waals surface area contributed by atoms with Crippen molar-refractivity contribution in [1.29, 1.82) is 0 Å². The molecule has 0 aromatic carbocycles. The van der Waals surface area contributed by atoms with Crippen LogP contribution in [0, 0.1) is 0 Å². The molecular formula is C12H19N3S. The summed E-state index contributed by atoms with van der Waals surface area (Å²) in [6.07, 6.45) is 5.86. The van der Waals surface area contributed by atoms with Crippen LogP contribution in [0.15, 0.2) is 23.4 Å². The number of likely N-dealkylation sites (tertiary alicyclic amines) is 1. The van der Waals surface area contributed by atoms with E-state index in [9.17, 15) is 0 Å². The van der Waals surface area contributed by atoms with Crippen LogP contribution in [0.5, 0.6) is 0 Å². The molecule has 0 unspecified atom stereocenters. The normalized spacial score (nSPS) is 17.5. The maximum absolute atomic E-state index is 5.59. The van der Waals surface area contributed by atoms with Gasteiger partial charge in [-0.3, -0.25) is 0 Å². The van der Waals surface area contributed by atoms with Crippen molar-refractivity contribution in [2.24, 2.45) is 0 Å². The Kier molecular flexibility index (Phi) is 4.48. The number of nitrogen functional groups attached to an aromatic ring is 1. The molecule has 1 aliphatic rings. The number of thioether (sulfide) groups is 1. The maximum Gasteiger partial charge on any atom is 0.0961 e. The number of hydrogen-bond donors (Lipinski definition) is 1. The van der Waals surface area contributed by atoms with E-state index in [2.05, 4.69) is 9.88 Å². The fourth-order valence-corrected chi connectivity index (χ4v) is 2.79. The largest absolute Gasteiger partial charge is 0.397 e. The number of nitrogens with two attached hydrogens (primary N) is 1. The van der Waals surface area contributed by atoms with Gasteiger partial charge in [0.05, 0.1) is 16.9 Å². The molecule has 2 N–H and O–H groups in total. The van der Waals surface area contributed by atoms with Crippen molar-refractivity contribution < 1.29 is 0 Å². The lowest BCUT2D eigenvalue weighted by Gasteiger charge is -2.25. The van der Waals surface area contributed by atoms with Gasteiger partial charge in [0.15, 0.2) is 0 Å². The molecule has 2 heterocycles. The van der Waals surface area contributed by atoms with E-state index < -0.39 is 0 Å². The van der Waals surface area contributed by atoms with Crippen LogP contribution in [0.25, 0.3) is 0 Å². The highest BCUT2D eigenvalue weighted by Gasteiger charge is 2.09. The first-order valence-electron chi connectivity index (χ1n) is 5.91. The van der Waals surface area contributed by atoms with E-state index in [1.165, 1.54) is 38.9 Å². The van der Waals surface area contributed by atoms with Gasteiger partial charge >= 0.3 is 0 Å². The van der Waals surface area contributed by atoms with Gasteiger partial charge in [-0.25, -0.2) is 4.98 Å². The predicted molar refractivity (Wildman–Crippen MR) is 69.7 cm³/mol. The third-order valence-corrected chi connectivity index (χ3v) is 3.79. The molecule has 1 saturated heterocycles. The number of aromatic nitrogens is 1. The number of hydrogen-bond acceptors (Lipinski definition) is 4. The molecule has 3 nitrogen and oxygen atoms in total. The summed E-state index contributed by atoms with van der Waals surface area (Å²) in [5.41, 5.74) is 6.33. The minimum absolute atomic E-state index is 0.736. The molecule has 0 radical (unpaired) electrons. The Hall–Kier alpha value is -0.740. The molecule has 1 fully saturated rings. The highest BCUT2D eigenvalue weighted by molar-refractivity contribution is 7.99. The molecular weight excluding hydrogens is 218 g/mol. The fourth-order valence-electron chi connectivity index (χ4n) is 1.94. The van der Waals surface area contributed by atoms with Gasteiger partial charge in [-0.2, -0.15) is 0 Å². The van der Waals surface area contributed by atoms with E-state index in [4.69, 9.17) is 5.73 Å². The van der Waals surface area contributed by atoms with Crippen LogP contribution in [-0.2, 0) is 0 Å². The third-order valence-electron chi connectivity index (χ3n) is 2.87. The number of anilines is 1. The molecule has 0 spiro atoms. The zero-order valence-electron chi connectivity index (χ0n) is 9.56. The van der Waals surface area contributed by atoms with Gasteiger partial charge in [-0.05, 0) is 38.1 Å². The molecule has 1 aromatic heterocycles. The number of rotatable bonds is 4. The van der Waals surface area contributed by atoms with E-state index in [1.807, 2.05) is 23.9 Å².